The van der Waals surface area contributed by atoms with Gasteiger partial charge in [0.1, 0.15) is 0 Å². The number of rotatable bonds is 2. The van der Waals surface area contributed by atoms with Crippen LogP contribution < -0.4 is 0 Å². The molecular weight excluding hydrogens is 412 g/mol. The third kappa shape index (κ3) is 2.89. The van der Waals surface area contributed by atoms with Gasteiger partial charge in [0.2, 0.25) is 0 Å². The van der Waals surface area contributed by atoms with Crippen molar-refractivity contribution in [3.05, 3.63) is 122 Å². The van der Waals surface area contributed by atoms with E-state index >= 15 is 0 Å². The topological polar surface area (TPSA) is 25.8 Å². The first-order valence-electron chi connectivity index (χ1n) is 11.5. The summed E-state index contributed by atoms with van der Waals surface area (Å²) in [5.41, 5.74) is 3.20. The van der Waals surface area contributed by atoms with Gasteiger partial charge in [0.25, 0.3) is 0 Å². The molecule has 0 fully saturated rings. The van der Waals surface area contributed by atoms with E-state index in [0.717, 1.165) is 22.5 Å². The van der Waals surface area contributed by atoms with Crippen LogP contribution in [0.25, 0.3) is 65.6 Å². The van der Waals surface area contributed by atoms with Crippen molar-refractivity contribution < 1.29 is 0 Å². The third-order valence-electron chi connectivity index (χ3n) is 6.75. The molecule has 34 heavy (non-hydrogen) atoms. The maximum atomic E-state index is 4.77. The van der Waals surface area contributed by atoms with E-state index in [1.165, 1.54) is 43.1 Å². The molecule has 6 aromatic carbocycles. The molecule has 1 aromatic heterocycles. The van der Waals surface area contributed by atoms with Crippen molar-refractivity contribution in [3.63, 3.8) is 0 Å². The predicted octanol–water partition coefficient (Wildman–Crippen LogP) is 8.42. The average Bonchev–Trinajstić information content (AvgIpc) is 2.93. The van der Waals surface area contributed by atoms with Crippen molar-refractivity contribution in [1.29, 1.82) is 0 Å². The molecular formula is C32H20N2. The van der Waals surface area contributed by atoms with E-state index in [-0.39, 0.29) is 0 Å². The molecule has 0 atom stereocenters. The standard InChI is InChI=1S/C32H20N2/c1-2-10-24-21(8-1)9-7-15-25(24)23-19-33-32(34-20-23)22-16-17-30-28-13-4-3-11-26(28)27-12-5-6-14-29(27)31(30)18-22/h1-20H. The fourth-order valence-corrected chi connectivity index (χ4v) is 5.14. The summed E-state index contributed by atoms with van der Waals surface area (Å²) in [7, 11) is 0. The molecule has 7 rings (SSSR count). The Balaban J connectivity index is 1.39. The van der Waals surface area contributed by atoms with Gasteiger partial charge in [-0.3, -0.25) is 0 Å². The highest BCUT2D eigenvalue weighted by Crippen LogP contribution is 2.36. The van der Waals surface area contributed by atoms with Gasteiger partial charge in [-0.25, -0.2) is 9.97 Å². The van der Waals surface area contributed by atoms with Crippen molar-refractivity contribution in [2.24, 2.45) is 0 Å². The smallest absolute Gasteiger partial charge is 0.159 e. The summed E-state index contributed by atoms with van der Waals surface area (Å²) in [6.45, 7) is 0. The quantitative estimate of drug-likeness (QED) is 0.256. The lowest BCUT2D eigenvalue weighted by molar-refractivity contribution is 1.18. The minimum Gasteiger partial charge on any atom is -0.236 e. The molecule has 0 N–H and O–H groups in total. The summed E-state index contributed by atoms with van der Waals surface area (Å²) in [6.07, 6.45) is 3.87. The van der Waals surface area contributed by atoms with E-state index < -0.39 is 0 Å². The zero-order valence-corrected chi connectivity index (χ0v) is 18.4. The van der Waals surface area contributed by atoms with Crippen molar-refractivity contribution in [1.82, 2.24) is 9.97 Å². The first-order valence-corrected chi connectivity index (χ1v) is 11.5. The highest BCUT2D eigenvalue weighted by atomic mass is 14.9. The first kappa shape index (κ1) is 19.0. The Morgan fingerprint density at radius 2 is 0.912 bits per heavy atom. The molecule has 0 radical (unpaired) electrons. The van der Waals surface area contributed by atoms with Gasteiger partial charge in [-0.1, -0.05) is 103 Å². The number of aromatic nitrogens is 2. The Hall–Kier alpha value is -4.56. The van der Waals surface area contributed by atoms with E-state index in [9.17, 15) is 0 Å². The van der Waals surface area contributed by atoms with Gasteiger partial charge in [0, 0.05) is 23.5 Å². The molecule has 0 amide bonds. The molecule has 0 unspecified atom stereocenters. The highest BCUT2D eigenvalue weighted by molar-refractivity contribution is 6.25. The maximum absolute atomic E-state index is 4.77. The molecule has 0 bridgehead atoms. The van der Waals surface area contributed by atoms with Crippen LogP contribution in [0, 0.1) is 0 Å². The first-order chi connectivity index (χ1) is 16.9. The molecule has 0 aliphatic rings. The Bertz CT molecular complexity index is 1810. The molecule has 7 aromatic rings. The lowest BCUT2D eigenvalue weighted by Gasteiger charge is -2.12. The van der Waals surface area contributed by atoms with Crippen LogP contribution in [0.4, 0.5) is 0 Å². The normalized spacial score (nSPS) is 11.5. The molecule has 0 aliphatic heterocycles. The average molecular weight is 433 g/mol. The molecule has 1 heterocycles. The Kier molecular flexibility index (Phi) is 4.18. The fraction of sp³-hybridized carbons (Fsp3) is 0. The van der Waals surface area contributed by atoms with Gasteiger partial charge < -0.3 is 0 Å². The van der Waals surface area contributed by atoms with Gasteiger partial charge in [-0.2, -0.15) is 0 Å². The summed E-state index contributed by atoms with van der Waals surface area (Å²) in [6, 6.07) is 38.6. The van der Waals surface area contributed by atoms with Crippen LogP contribution in [0.2, 0.25) is 0 Å². The number of nitrogens with zero attached hydrogens (tertiary/aromatic N) is 2. The molecule has 2 nitrogen and oxygen atoms in total. The van der Waals surface area contributed by atoms with Crippen molar-refractivity contribution in [2.75, 3.05) is 0 Å². The molecule has 158 valence electrons. The second-order valence-electron chi connectivity index (χ2n) is 8.67. The van der Waals surface area contributed by atoms with E-state index in [1.54, 1.807) is 0 Å². The largest absolute Gasteiger partial charge is 0.236 e. The van der Waals surface area contributed by atoms with E-state index in [2.05, 4.69) is 109 Å². The molecule has 0 saturated carbocycles. The number of hydrogen-bond donors (Lipinski definition) is 0. The van der Waals surface area contributed by atoms with Crippen LogP contribution in [0.15, 0.2) is 122 Å². The van der Waals surface area contributed by atoms with Crippen LogP contribution in [0.3, 0.4) is 0 Å². The summed E-state index contributed by atoms with van der Waals surface area (Å²) < 4.78 is 0. The lowest BCUT2D eigenvalue weighted by atomic mass is 9.93. The third-order valence-corrected chi connectivity index (χ3v) is 6.75. The van der Waals surface area contributed by atoms with Gasteiger partial charge in [-0.15, -0.1) is 0 Å². The lowest BCUT2D eigenvalue weighted by Crippen LogP contribution is -1.91. The summed E-state index contributed by atoms with van der Waals surface area (Å²) >= 11 is 0. The fourth-order valence-electron chi connectivity index (χ4n) is 5.14. The predicted molar refractivity (Wildman–Crippen MR) is 143 cm³/mol. The van der Waals surface area contributed by atoms with E-state index in [0.29, 0.717) is 0 Å². The van der Waals surface area contributed by atoms with Gasteiger partial charge in [-0.05, 0) is 54.7 Å². The Morgan fingerprint density at radius 3 is 1.59 bits per heavy atom. The van der Waals surface area contributed by atoms with Crippen molar-refractivity contribution >= 4 is 43.1 Å². The minimum atomic E-state index is 0.739. The Morgan fingerprint density at radius 1 is 0.382 bits per heavy atom. The van der Waals surface area contributed by atoms with E-state index in [4.69, 9.17) is 9.97 Å². The summed E-state index contributed by atoms with van der Waals surface area (Å²) in [5, 5.41) is 10.0. The molecule has 0 saturated heterocycles. The van der Waals surface area contributed by atoms with Gasteiger partial charge in [0.15, 0.2) is 5.82 Å². The Labute approximate surface area is 197 Å². The second kappa shape index (κ2) is 7.50. The molecule has 0 aliphatic carbocycles. The van der Waals surface area contributed by atoms with Crippen LogP contribution in [-0.4, -0.2) is 9.97 Å². The van der Waals surface area contributed by atoms with Crippen LogP contribution in [0.5, 0.6) is 0 Å². The highest BCUT2D eigenvalue weighted by Gasteiger charge is 2.11. The SMILES string of the molecule is c1ccc2c(-c3cnc(-c4ccc5c6ccccc6c6ccccc6c5c4)nc3)cccc2c1. The number of hydrogen-bond acceptors (Lipinski definition) is 2. The van der Waals surface area contributed by atoms with Gasteiger partial charge in [0.05, 0.1) is 0 Å². The van der Waals surface area contributed by atoms with Crippen molar-refractivity contribution in [3.8, 4) is 22.5 Å². The van der Waals surface area contributed by atoms with E-state index in [1.807, 2.05) is 12.4 Å². The number of fused-ring (bicyclic) bond motifs is 7. The zero-order valence-electron chi connectivity index (χ0n) is 18.4. The summed E-state index contributed by atoms with van der Waals surface area (Å²) in [5.74, 6) is 0.739. The minimum absolute atomic E-state index is 0.739. The molecule has 0 spiro atoms. The van der Waals surface area contributed by atoms with Crippen LogP contribution in [0.1, 0.15) is 0 Å². The molecule has 2 heteroatoms. The second-order valence-corrected chi connectivity index (χ2v) is 8.67. The van der Waals surface area contributed by atoms with Crippen molar-refractivity contribution in [2.45, 2.75) is 0 Å². The number of benzene rings is 6. The maximum Gasteiger partial charge on any atom is 0.159 e. The van der Waals surface area contributed by atoms with Crippen LogP contribution >= 0.6 is 0 Å². The monoisotopic (exact) mass is 432 g/mol. The summed E-state index contributed by atoms with van der Waals surface area (Å²) in [4.78, 5) is 9.54. The van der Waals surface area contributed by atoms with Gasteiger partial charge >= 0.3 is 0 Å². The van der Waals surface area contributed by atoms with Crippen LogP contribution in [-0.2, 0) is 0 Å². The zero-order chi connectivity index (χ0) is 22.5.